The molecule has 0 unspecified atom stereocenters. The Morgan fingerprint density at radius 3 is 2.52 bits per heavy atom. The molecular formula is C17H19ClN2O4S. The van der Waals surface area contributed by atoms with E-state index >= 15 is 0 Å². The van der Waals surface area contributed by atoms with Crippen LogP contribution in [0.15, 0.2) is 53.4 Å². The van der Waals surface area contributed by atoms with Crippen molar-refractivity contribution in [2.45, 2.75) is 11.3 Å². The molecule has 0 heterocycles. The summed E-state index contributed by atoms with van der Waals surface area (Å²) in [5.41, 5.74) is 0.562. The molecule has 0 aromatic heterocycles. The number of methoxy groups -OCH3 is 1. The summed E-state index contributed by atoms with van der Waals surface area (Å²) in [5, 5.41) is 2.88. The van der Waals surface area contributed by atoms with Crippen LogP contribution in [0.3, 0.4) is 0 Å². The number of benzene rings is 2. The van der Waals surface area contributed by atoms with Crippen molar-refractivity contribution in [1.29, 1.82) is 0 Å². The fraction of sp³-hybridized carbons (Fsp3) is 0.235. The molecule has 1 amide bonds. The van der Waals surface area contributed by atoms with Gasteiger partial charge in [0.1, 0.15) is 0 Å². The molecule has 0 saturated carbocycles. The second-order valence-electron chi connectivity index (χ2n) is 5.22. The van der Waals surface area contributed by atoms with Gasteiger partial charge in [-0.05, 0) is 36.8 Å². The lowest BCUT2D eigenvalue weighted by molar-refractivity contribution is 0.0948. The van der Waals surface area contributed by atoms with E-state index in [0.29, 0.717) is 25.1 Å². The third-order valence-electron chi connectivity index (χ3n) is 3.34. The summed E-state index contributed by atoms with van der Waals surface area (Å²) in [6, 6.07) is 12.4. The van der Waals surface area contributed by atoms with Crippen molar-refractivity contribution >= 4 is 33.2 Å². The van der Waals surface area contributed by atoms with Crippen LogP contribution >= 0.6 is 11.6 Å². The van der Waals surface area contributed by atoms with Crippen LogP contribution in [0.4, 0.5) is 5.69 Å². The first-order valence-corrected chi connectivity index (χ1v) is 9.45. The van der Waals surface area contributed by atoms with Crippen LogP contribution in [-0.2, 0) is 14.8 Å². The van der Waals surface area contributed by atoms with Crippen LogP contribution < -0.4 is 10.0 Å². The first kappa shape index (κ1) is 19.2. The number of halogens is 1. The number of carbonyl (C=O) groups excluding carboxylic acids is 1. The molecule has 2 rings (SSSR count). The average Bonchev–Trinajstić information content (AvgIpc) is 2.61. The zero-order valence-corrected chi connectivity index (χ0v) is 15.2. The number of nitrogens with one attached hydrogen (secondary N) is 2. The summed E-state index contributed by atoms with van der Waals surface area (Å²) in [6.07, 6.45) is 0.699. The van der Waals surface area contributed by atoms with Gasteiger partial charge in [-0.1, -0.05) is 29.8 Å². The molecule has 2 aromatic carbocycles. The predicted molar refractivity (Wildman–Crippen MR) is 97.5 cm³/mol. The van der Waals surface area contributed by atoms with Crippen molar-refractivity contribution in [3.05, 3.63) is 59.1 Å². The van der Waals surface area contributed by atoms with Crippen LogP contribution in [0.25, 0.3) is 0 Å². The number of hydrogen-bond acceptors (Lipinski definition) is 4. The zero-order valence-electron chi connectivity index (χ0n) is 13.7. The lowest BCUT2D eigenvalue weighted by atomic mass is 10.2. The highest BCUT2D eigenvalue weighted by Crippen LogP contribution is 2.25. The minimum atomic E-state index is -3.74. The van der Waals surface area contributed by atoms with E-state index < -0.39 is 10.0 Å². The van der Waals surface area contributed by atoms with Gasteiger partial charge in [0.15, 0.2) is 0 Å². The molecule has 2 aromatic rings. The first-order chi connectivity index (χ1) is 11.9. The molecule has 0 aliphatic rings. The van der Waals surface area contributed by atoms with Crippen LogP contribution in [0, 0.1) is 0 Å². The molecule has 6 nitrogen and oxygen atoms in total. The van der Waals surface area contributed by atoms with Gasteiger partial charge in [0, 0.05) is 25.8 Å². The van der Waals surface area contributed by atoms with Gasteiger partial charge in [-0.25, -0.2) is 8.42 Å². The van der Waals surface area contributed by atoms with Gasteiger partial charge >= 0.3 is 0 Å². The number of ether oxygens (including phenoxy) is 1. The molecule has 0 saturated heterocycles. The maximum atomic E-state index is 12.3. The average molecular weight is 383 g/mol. The summed E-state index contributed by atoms with van der Waals surface area (Å²) in [7, 11) is -2.14. The Morgan fingerprint density at radius 2 is 1.88 bits per heavy atom. The maximum absolute atomic E-state index is 12.3. The van der Waals surface area contributed by atoms with E-state index in [1.54, 1.807) is 25.3 Å². The summed E-state index contributed by atoms with van der Waals surface area (Å²) < 4.78 is 32.0. The first-order valence-electron chi connectivity index (χ1n) is 7.58. The van der Waals surface area contributed by atoms with Crippen molar-refractivity contribution in [3.63, 3.8) is 0 Å². The van der Waals surface area contributed by atoms with Crippen LogP contribution in [0.2, 0.25) is 5.02 Å². The van der Waals surface area contributed by atoms with E-state index in [0.717, 1.165) is 0 Å². The second-order valence-corrected chi connectivity index (χ2v) is 7.31. The van der Waals surface area contributed by atoms with E-state index in [4.69, 9.17) is 16.3 Å². The number of hydrogen-bond donors (Lipinski definition) is 2. The minimum absolute atomic E-state index is 0.131. The molecule has 0 radical (unpaired) electrons. The fourth-order valence-corrected chi connectivity index (χ4v) is 3.45. The predicted octanol–water partition coefficient (Wildman–Crippen LogP) is 2.91. The summed E-state index contributed by atoms with van der Waals surface area (Å²) >= 11 is 6.12. The van der Waals surface area contributed by atoms with Gasteiger partial charge in [0.05, 0.1) is 15.6 Å². The second kappa shape index (κ2) is 8.84. The van der Waals surface area contributed by atoms with Gasteiger partial charge in [-0.3, -0.25) is 9.52 Å². The monoisotopic (exact) mass is 382 g/mol. The Balaban J connectivity index is 2.08. The van der Waals surface area contributed by atoms with Crippen molar-refractivity contribution in [3.8, 4) is 0 Å². The molecule has 0 atom stereocenters. The topological polar surface area (TPSA) is 84.5 Å². The fourth-order valence-electron chi connectivity index (χ4n) is 2.06. The standard InChI is InChI=1S/C17H19ClN2O4S/c1-24-11-5-10-19-17(21)13-8-9-16(15(18)12-13)20-25(22,23)14-6-3-2-4-7-14/h2-4,6-9,12,20H,5,10-11H2,1H3,(H,19,21). The quantitative estimate of drug-likeness (QED) is 0.687. The number of anilines is 1. The highest BCUT2D eigenvalue weighted by atomic mass is 35.5. The molecule has 134 valence electrons. The zero-order chi connectivity index (χ0) is 18.3. The number of carbonyl (C=O) groups is 1. The molecule has 25 heavy (non-hydrogen) atoms. The van der Waals surface area contributed by atoms with E-state index in [1.165, 1.54) is 30.3 Å². The van der Waals surface area contributed by atoms with Crippen molar-refractivity contribution < 1.29 is 17.9 Å². The summed E-state index contributed by atoms with van der Waals surface area (Å²) in [4.78, 5) is 12.2. The number of rotatable bonds is 8. The van der Waals surface area contributed by atoms with Crippen LogP contribution in [0.5, 0.6) is 0 Å². The molecule has 0 aliphatic heterocycles. The van der Waals surface area contributed by atoms with Gasteiger partial charge < -0.3 is 10.1 Å². The Kier molecular flexibility index (Phi) is 6.81. The normalized spacial score (nSPS) is 11.1. The SMILES string of the molecule is COCCCNC(=O)c1ccc(NS(=O)(=O)c2ccccc2)c(Cl)c1. The van der Waals surface area contributed by atoms with Crippen LogP contribution in [-0.4, -0.2) is 34.6 Å². The highest BCUT2D eigenvalue weighted by Gasteiger charge is 2.16. The smallest absolute Gasteiger partial charge is 0.261 e. The molecule has 8 heteroatoms. The third-order valence-corrected chi connectivity index (χ3v) is 5.03. The Hall–Kier alpha value is -2.09. The van der Waals surface area contributed by atoms with Gasteiger partial charge in [0.25, 0.3) is 15.9 Å². The molecule has 0 bridgehead atoms. The Morgan fingerprint density at radius 1 is 1.16 bits per heavy atom. The van der Waals surface area contributed by atoms with Crippen molar-refractivity contribution in [1.82, 2.24) is 5.32 Å². The molecular weight excluding hydrogens is 364 g/mol. The highest BCUT2D eigenvalue weighted by molar-refractivity contribution is 7.92. The molecule has 0 aliphatic carbocycles. The van der Waals surface area contributed by atoms with E-state index in [1.807, 2.05) is 0 Å². The summed E-state index contributed by atoms with van der Waals surface area (Å²) in [5.74, 6) is -0.282. The van der Waals surface area contributed by atoms with E-state index in [-0.39, 0.29) is 21.5 Å². The molecule has 0 fully saturated rings. The maximum Gasteiger partial charge on any atom is 0.261 e. The largest absolute Gasteiger partial charge is 0.385 e. The number of amides is 1. The lowest BCUT2D eigenvalue weighted by Crippen LogP contribution is -2.25. The van der Waals surface area contributed by atoms with Crippen molar-refractivity contribution in [2.75, 3.05) is 25.0 Å². The van der Waals surface area contributed by atoms with E-state index in [2.05, 4.69) is 10.0 Å². The van der Waals surface area contributed by atoms with Gasteiger partial charge in [-0.15, -0.1) is 0 Å². The Bertz CT molecular complexity index is 826. The molecule has 0 spiro atoms. The number of sulfonamides is 1. The minimum Gasteiger partial charge on any atom is -0.385 e. The Labute approximate surface area is 152 Å². The summed E-state index contributed by atoms with van der Waals surface area (Å²) in [6.45, 7) is 1.04. The van der Waals surface area contributed by atoms with Gasteiger partial charge in [0.2, 0.25) is 0 Å². The third kappa shape index (κ3) is 5.45. The molecule has 2 N–H and O–H groups in total. The van der Waals surface area contributed by atoms with Gasteiger partial charge in [-0.2, -0.15) is 0 Å². The van der Waals surface area contributed by atoms with Crippen LogP contribution in [0.1, 0.15) is 16.8 Å². The van der Waals surface area contributed by atoms with E-state index in [9.17, 15) is 13.2 Å². The lowest BCUT2D eigenvalue weighted by Gasteiger charge is -2.11. The van der Waals surface area contributed by atoms with Crippen molar-refractivity contribution in [2.24, 2.45) is 0 Å².